The standard InChI is InChI=1S/C21H32N2O5/c1-27-18-6-3-5-15(19(18)28-2)13-23-12-4-11-21(26,20(23)25)14-22-16-7-9-17(24)10-8-16/h3,5-6,16-17,22,24,26H,4,7-14H2,1-2H3/t16?,17?,21-/m1/s1. The number of ether oxygens (including phenoxy) is 2. The minimum Gasteiger partial charge on any atom is -0.493 e. The van der Waals surface area contributed by atoms with E-state index in [9.17, 15) is 15.0 Å². The number of hydrogen-bond acceptors (Lipinski definition) is 6. The molecular formula is C21H32N2O5. The average Bonchev–Trinajstić information content (AvgIpc) is 2.71. The van der Waals surface area contributed by atoms with Crippen molar-refractivity contribution in [2.45, 2.75) is 62.8 Å². The largest absolute Gasteiger partial charge is 0.493 e. The van der Waals surface area contributed by atoms with Crippen LogP contribution in [-0.2, 0) is 11.3 Å². The number of hydrogen-bond donors (Lipinski definition) is 3. The summed E-state index contributed by atoms with van der Waals surface area (Å²) < 4.78 is 10.8. The van der Waals surface area contributed by atoms with Gasteiger partial charge in [-0.1, -0.05) is 12.1 Å². The van der Waals surface area contributed by atoms with Gasteiger partial charge in [-0.2, -0.15) is 0 Å². The number of methoxy groups -OCH3 is 2. The first-order valence-electron chi connectivity index (χ1n) is 10.1. The van der Waals surface area contributed by atoms with Crippen molar-refractivity contribution in [1.29, 1.82) is 0 Å². The second-order valence-corrected chi connectivity index (χ2v) is 7.90. The molecule has 0 unspecified atom stereocenters. The maximum Gasteiger partial charge on any atom is 0.256 e. The Balaban J connectivity index is 1.65. The van der Waals surface area contributed by atoms with Gasteiger partial charge in [0.15, 0.2) is 17.1 Å². The molecule has 7 heteroatoms. The highest BCUT2D eigenvalue weighted by molar-refractivity contribution is 5.86. The van der Waals surface area contributed by atoms with Gasteiger partial charge in [0.2, 0.25) is 0 Å². The predicted octanol–water partition coefficient (Wildman–Crippen LogP) is 1.45. The lowest BCUT2D eigenvalue weighted by atomic mass is 9.89. The lowest BCUT2D eigenvalue weighted by Gasteiger charge is -2.39. The summed E-state index contributed by atoms with van der Waals surface area (Å²) in [5.74, 6) is 0.999. The lowest BCUT2D eigenvalue weighted by molar-refractivity contribution is -0.157. The maximum absolute atomic E-state index is 13.1. The van der Waals surface area contributed by atoms with Crippen molar-refractivity contribution in [3.63, 3.8) is 0 Å². The molecule has 1 atom stereocenters. The normalized spacial score (nSPS) is 28.3. The van der Waals surface area contributed by atoms with E-state index < -0.39 is 5.60 Å². The molecule has 1 aromatic carbocycles. The lowest BCUT2D eigenvalue weighted by Crippen LogP contribution is -2.58. The van der Waals surface area contributed by atoms with Crippen LogP contribution >= 0.6 is 0 Å². The summed E-state index contributed by atoms with van der Waals surface area (Å²) in [5.41, 5.74) is -0.533. The van der Waals surface area contributed by atoms with Gasteiger partial charge in [-0.25, -0.2) is 0 Å². The molecule has 0 aromatic heterocycles. The molecule has 1 heterocycles. The van der Waals surface area contributed by atoms with Crippen LogP contribution in [0.25, 0.3) is 0 Å². The number of rotatable bonds is 7. The fourth-order valence-electron chi connectivity index (χ4n) is 4.26. The van der Waals surface area contributed by atoms with Crippen LogP contribution in [0.2, 0.25) is 0 Å². The van der Waals surface area contributed by atoms with E-state index in [4.69, 9.17) is 9.47 Å². The molecule has 2 fully saturated rings. The molecule has 1 aliphatic carbocycles. The molecule has 3 rings (SSSR count). The molecule has 1 aromatic rings. The number of aliphatic hydroxyl groups is 2. The number of aliphatic hydroxyl groups excluding tert-OH is 1. The summed E-state index contributed by atoms with van der Waals surface area (Å²) in [7, 11) is 3.17. The molecule has 1 aliphatic heterocycles. The first kappa shape index (κ1) is 20.9. The van der Waals surface area contributed by atoms with Gasteiger partial charge in [-0.3, -0.25) is 4.79 Å². The van der Waals surface area contributed by atoms with Crippen LogP contribution in [0.4, 0.5) is 0 Å². The Hall–Kier alpha value is -1.83. The molecule has 2 aliphatic rings. The van der Waals surface area contributed by atoms with Gasteiger partial charge >= 0.3 is 0 Å². The number of nitrogens with one attached hydrogen (secondary N) is 1. The number of amides is 1. The van der Waals surface area contributed by atoms with Crippen LogP contribution < -0.4 is 14.8 Å². The van der Waals surface area contributed by atoms with Gasteiger partial charge < -0.3 is 29.9 Å². The van der Waals surface area contributed by atoms with E-state index in [0.29, 0.717) is 31.0 Å². The van der Waals surface area contributed by atoms with Gasteiger partial charge in [-0.15, -0.1) is 0 Å². The van der Waals surface area contributed by atoms with Crippen molar-refractivity contribution in [2.24, 2.45) is 0 Å². The molecule has 0 bridgehead atoms. The molecule has 7 nitrogen and oxygen atoms in total. The minimum atomic E-state index is -1.39. The van der Waals surface area contributed by atoms with Gasteiger partial charge in [-0.05, 0) is 44.6 Å². The Morgan fingerprint density at radius 3 is 2.64 bits per heavy atom. The molecule has 1 saturated carbocycles. The predicted molar refractivity (Wildman–Crippen MR) is 105 cm³/mol. The number of likely N-dealkylation sites (tertiary alicyclic amines) is 1. The van der Waals surface area contributed by atoms with E-state index in [-0.39, 0.29) is 24.6 Å². The number of benzene rings is 1. The van der Waals surface area contributed by atoms with Crippen LogP contribution in [-0.4, -0.2) is 66.1 Å². The molecule has 28 heavy (non-hydrogen) atoms. The highest BCUT2D eigenvalue weighted by Crippen LogP contribution is 2.33. The van der Waals surface area contributed by atoms with Crippen LogP contribution in [0.15, 0.2) is 18.2 Å². The Morgan fingerprint density at radius 2 is 1.96 bits per heavy atom. The first-order valence-corrected chi connectivity index (χ1v) is 10.1. The topological polar surface area (TPSA) is 91.3 Å². The Bertz CT molecular complexity index is 675. The minimum absolute atomic E-state index is 0.217. The summed E-state index contributed by atoms with van der Waals surface area (Å²) in [6.07, 6.45) is 4.27. The van der Waals surface area contributed by atoms with E-state index in [1.165, 1.54) is 0 Å². The van der Waals surface area contributed by atoms with E-state index in [2.05, 4.69) is 5.32 Å². The van der Waals surface area contributed by atoms with Gasteiger partial charge in [0.25, 0.3) is 5.91 Å². The van der Waals surface area contributed by atoms with E-state index >= 15 is 0 Å². The molecule has 1 saturated heterocycles. The number of piperidine rings is 1. The van der Waals surface area contributed by atoms with Crippen LogP contribution in [0.3, 0.4) is 0 Å². The summed E-state index contributed by atoms with van der Waals surface area (Å²) in [5, 5.41) is 24.0. The summed E-state index contributed by atoms with van der Waals surface area (Å²) in [6, 6.07) is 5.85. The number of carbonyl (C=O) groups excluding carboxylic acids is 1. The summed E-state index contributed by atoms with van der Waals surface area (Å²) in [4.78, 5) is 14.8. The second kappa shape index (κ2) is 9.11. The Morgan fingerprint density at radius 1 is 1.21 bits per heavy atom. The van der Waals surface area contributed by atoms with Crippen LogP contribution in [0.1, 0.15) is 44.1 Å². The molecule has 1 amide bonds. The Labute approximate surface area is 166 Å². The third-order valence-electron chi connectivity index (χ3n) is 5.93. The van der Waals surface area contributed by atoms with E-state index in [1.54, 1.807) is 19.1 Å². The number of nitrogens with zero attached hydrogens (tertiary/aromatic N) is 1. The molecule has 156 valence electrons. The zero-order valence-corrected chi connectivity index (χ0v) is 16.8. The van der Waals surface area contributed by atoms with Gasteiger partial charge in [0.05, 0.1) is 20.3 Å². The monoisotopic (exact) mass is 392 g/mol. The molecule has 0 spiro atoms. The van der Waals surface area contributed by atoms with Crippen molar-refractivity contribution in [3.8, 4) is 11.5 Å². The maximum atomic E-state index is 13.1. The Kier molecular flexibility index (Phi) is 6.80. The number of carbonyl (C=O) groups is 1. The fraction of sp³-hybridized carbons (Fsp3) is 0.667. The quantitative estimate of drug-likeness (QED) is 0.651. The van der Waals surface area contributed by atoms with E-state index in [0.717, 1.165) is 37.7 Å². The fourth-order valence-corrected chi connectivity index (χ4v) is 4.26. The SMILES string of the molecule is COc1cccc(CN2CCC[C@@](O)(CNC3CCC(O)CC3)C2=O)c1OC. The average molecular weight is 392 g/mol. The molecular weight excluding hydrogens is 360 g/mol. The van der Waals surface area contributed by atoms with Crippen molar-refractivity contribution < 1.29 is 24.5 Å². The molecule has 0 radical (unpaired) electrons. The molecule has 3 N–H and O–H groups in total. The van der Waals surface area contributed by atoms with Gasteiger partial charge in [0, 0.05) is 31.2 Å². The van der Waals surface area contributed by atoms with Crippen LogP contribution in [0, 0.1) is 0 Å². The zero-order chi connectivity index (χ0) is 20.1. The zero-order valence-electron chi connectivity index (χ0n) is 16.8. The van der Waals surface area contributed by atoms with Crippen molar-refractivity contribution >= 4 is 5.91 Å². The third-order valence-corrected chi connectivity index (χ3v) is 5.93. The van der Waals surface area contributed by atoms with E-state index in [1.807, 2.05) is 18.2 Å². The third kappa shape index (κ3) is 4.59. The van der Waals surface area contributed by atoms with Crippen LogP contribution in [0.5, 0.6) is 11.5 Å². The highest BCUT2D eigenvalue weighted by Gasteiger charge is 2.42. The number of para-hydroxylation sites is 1. The van der Waals surface area contributed by atoms with Crippen molar-refractivity contribution in [1.82, 2.24) is 10.2 Å². The smallest absolute Gasteiger partial charge is 0.256 e. The summed E-state index contributed by atoms with van der Waals surface area (Å²) >= 11 is 0. The first-order chi connectivity index (χ1) is 13.5. The van der Waals surface area contributed by atoms with Crippen molar-refractivity contribution in [3.05, 3.63) is 23.8 Å². The highest BCUT2D eigenvalue weighted by atomic mass is 16.5. The summed E-state index contributed by atoms with van der Waals surface area (Å²) in [6.45, 7) is 1.23. The second-order valence-electron chi connectivity index (χ2n) is 7.90. The van der Waals surface area contributed by atoms with Crippen molar-refractivity contribution in [2.75, 3.05) is 27.3 Å². The van der Waals surface area contributed by atoms with Gasteiger partial charge in [0.1, 0.15) is 0 Å².